The number of nitrogens with zero attached hydrogens (tertiary/aromatic N) is 3. The monoisotopic (exact) mass is 510 g/mol. The molecule has 2 aromatic rings. The molecule has 0 atom stereocenters. The van der Waals surface area contributed by atoms with E-state index in [-0.39, 0.29) is 49.0 Å². The highest BCUT2D eigenvalue weighted by molar-refractivity contribution is 7.23. The molecule has 0 radical (unpaired) electrons. The molecular weight excluding hydrogens is 484 g/mol. The smallest absolute Gasteiger partial charge is 0.319 e. The fourth-order valence-corrected chi connectivity index (χ4v) is 5.93. The van der Waals surface area contributed by atoms with Crippen LogP contribution in [0.4, 0.5) is 9.80 Å². The number of thiophene rings is 1. The molecule has 3 aliphatic rings. The van der Waals surface area contributed by atoms with Crippen molar-refractivity contribution in [1.29, 1.82) is 0 Å². The first-order chi connectivity index (χ1) is 17.3. The molecule has 188 valence electrons. The molecule has 12 heteroatoms. The second kappa shape index (κ2) is 9.34. The Bertz CT molecular complexity index is 1290. The van der Waals surface area contributed by atoms with Gasteiger partial charge in [-0.2, -0.15) is 0 Å². The first-order valence-electron chi connectivity index (χ1n) is 11.9. The molecule has 3 N–H and O–H groups in total. The highest BCUT2D eigenvalue weighted by Gasteiger charge is 2.47. The molecule has 4 heterocycles. The Kier molecular flexibility index (Phi) is 6.20. The Labute approximate surface area is 210 Å². The molecular formula is C24H26N6O5S. The number of carbonyl (C=O) groups excluding carboxylic acids is 5. The Hall–Kier alpha value is -3.80. The molecule has 5 rings (SSSR count). The number of piperidine rings is 1. The fraction of sp³-hybridized carbons (Fsp3) is 0.417. The number of hydrogen-bond acceptors (Lipinski definition) is 7. The normalized spacial score (nSPS) is 19.1. The van der Waals surface area contributed by atoms with Gasteiger partial charge in [0.05, 0.1) is 12.1 Å². The van der Waals surface area contributed by atoms with Crippen LogP contribution in [0.25, 0.3) is 10.1 Å². The number of anilines is 1. The third-order valence-corrected chi connectivity index (χ3v) is 7.83. The number of urea groups is 1. The van der Waals surface area contributed by atoms with Gasteiger partial charge in [0, 0.05) is 42.6 Å². The van der Waals surface area contributed by atoms with Crippen LogP contribution in [0.1, 0.15) is 43.0 Å². The van der Waals surface area contributed by atoms with Gasteiger partial charge in [0.25, 0.3) is 11.8 Å². The first kappa shape index (κ1) is 23.9. The number of fused-ring (bicyclic) bond motifs is 1. The Morgan fingerprint density at radius 3 is 2.50 bits per heavy atom. The summed E-state index contributed by atoms with van der Waals surface area (Å²) in [6.45, 7) is 2.83. The van der Waals surface area contributed by atoms with Crippen molar-refractivity contribution in [2.45, 2.75) is 38.1 Å². The lowest BCUT2D eigenvalue weighted by molar-refractivity contribution is -0.137. The van der Waals surface area contributed by atoms with Gasteiger partial charge in [-0.15, -0.1) is 11.3 Å². The fourth-order valence-electron chi connectivity index (χ4n) is 4.84. The second-order valence-corrected chi connectivity index (χ2v) is 10.0. The number of amides is 6. The summed E-state index contributed by atoms with van der Waals surface area (Å²) < 4.78 is 0.886. The van der Waals surface area contributed by atoms with E-state index in [1.807, 2.05) is 31.2 Å². The van der Waals surface area contributed by atoms with Crippen LogP contribution in [0.5, 0.6) is 0 Å². The lowest BCUT2D eigenvalue weighted by Gasteiger charge is -2.35. The maximum Gasteiger partial charge on any atom is 0.319 e. The van der Waals surface area contributed by atoms with Gasteiger partial charge >= 0.3 is 6.03 Å². The number of aliphatic imine (C=N–C) groups is 1. The maximum absolute atomic E-state index is 13.6. The molecule has 1 aromatic carbocycles. The number of carbonyl (C=O) groups is 5. The Balaban J connectivity index is 1.33. The molecule has 0 bridgehead atoms. The summed E-state index contributed by atoms with van der Waals surface area (Å²) in [5, 5.41) is 9.45. The SMILES string of the molecule is CCNC(=O)Nc1sc2ccccc2c1C(=O)N1CCC2(CC1)N=C(CN1C(=O)CCC1=O)NC2=O. The lowest BCUT2D eigenvalue weighted by Crippen LogP contribution is -2.50. The van der Waals surface area contributed by atoms with E-state index in [0.717, 1.165) is 15.0 Å². The van der Waals surface area contributed by atoms with E-state index in [1.54, 1.807) is 4.90 Å². The van der Waals surface area contributed by atoms with Gasteiger partial charge in [-0.3, -0.25) is 34.4 Å². The third kappa shape index (κ3) is 4.21. The van der Waals surface area contributed by atoms with Crippen molar-refractivity contribution in [3.05, 3.63) is 29.8 Å². The van der Waals surface area contributed by atoms with Crippen LogP contribution in [-0.4, -0.2) is 77.0 Å². The van der Waals surface area contributed by atoms with Crippen LogP contribution < -0.4 is 16.0 Å². The molecule has 11 nitrogen and oxygen atoms in total. The van der Waals surface area contributed by atoms with Gasteiger partial charge in [-0.05, 0) is 25.8 Å². The predicted molar refractivity (Wildman–Crippen MR) is 134 cm³/mol. The highest BCUT2D eigenvalue weighted by atomic mass is 32.1. The van der Waals surface area contributed by atoms with Gasteiger partial charge < -0.3 is 15.5 Å². The second-order valence-electron chi connectivity index (χ2n) is 9.00. The highest BCUT2D eigenvalue weighted by Crippen LogP contribution is 2.38. The van der Waals surface area contributed by atoms with Crippen LogP contribution >= 0.6 is 11.3 Å². The minimum absolute atomic E-state index is 0.0381. The van der Waals surface area contributed by atoms with Crippen molar-refractivity contribution >= 4 is 61.9 Å². The van der Waals surface area contributed by atoms with E-state index in [0.29, 0.717) is 48.9 Å². The number of nitrogens with one attached hydrogen (secondary N) is 3. The van der Waals surface area contributed by atoms with Crippen molar-refractivity contribution in [1.82, 2.24) is 20.4 Å². The topological polar surface area (TPSA) is 140 Å². The maximum atomic E-state index is 13.6. The van der Waals surface area contributed by atoms with Gasteiger partial charge in [0.2, 0.25) is 11.8 Å². The number of rotatable bonds is 5. The summed E-state index contributed by atoms with van der Waals surface area (Å²) >= 11 is 1.34. The van der Waals surface area contributed by atoms with E-state index in [4.69, 9.17) is 0 Å². The third-order valence-electron chi connectivity index (χ3n) is 6.74. The summed E-state index contributed by atoms with van der Waals surface area (Å²) in [5.74, 6) is -0.717. The molecule has 2 fully saturated rings. The number of hydrogen-bond donors (Lipinski definition) is 3. The molecule has 1 spiro atoms. The summed E-state index contributed by atoms with van der Waals surface area (Å²) in [7, 11) is 0. The van der Waals surface area contributed by atoms with Crippen molar-refractivity contribution in [3.8, 4) is 0 Å². The van der Waals surface area contributed by atoms with Gasteiger partial charge in [-0.25, -0.2) is 4.79 Å². The molecule has 6 amide bonds. The van der Waals surface area contributed by atoms with Gasteiger partial charge in [-0.1, -0.05) is 18.2 Å². The minimum Gasteiger partial charge on any atom is -0.338 e. The van der Waals surface area contributed by atoms with E-state index >= 15 is 0 Å². The standard InChI is InChI=1S/C24H26N6O5S/c1-2-25-23(35)27-20-19(14-5-3-4-6-15(14)36-20)21(33)29-11-9-24(10-12-29)22(34)26-16(28-24)13-30-17(31)7-8-18(30)32/h3-6H,2,7-13H2,1H3,(H2,25,27,35)(H,26,28,34). The van der Waals surface area contributed by atoms with Gasteiger partial charge in [0.15, 0.2) is 0 Å². The Morgan fingerprint density at radius 1 is 1.11 bits per heavy atom. The van der Waals surface area contributed by atoms with Crippen molar-refractivity contribution in [2.75, 3.05) is 31.5 Å². The number of benzene rings is 1. The number of likely N-dealkylation sites (tertiary alicyclic amines) is 2. The molecule has 1 aromatic heterocycles. The zero-order valence-corrected chi connectivity index (χ0v) is 20.6. The van der Waals surface area contributed by atoms with E-state index in [1.165, 1.54) is 11.3 Å². The number of amidine groups is 1. The van der Waals surface area contributed by atoms with E-state index in [2.05, 4.69) is 20.9 Å². The van der Waals surface area contributed by atoms with Crippen LogP contribution in [0.15, 0.2) is 29.3 Å². The summed E-state index contributed by atoms with van der Waals surface area (Å²) in [6, 6.07) is 7.11. The van der Waals surface area contributed by atoms with Crippen LogP contribution in [0.2, 0.25) is 0 Å². The van der Waals surface area contributed by atoms with Crippen molar-refractivity contribution < 1.29 is 24.0 Å². The van der Waals surface area contributed by atoms with Gasteiger partial charge in [0.1, 0.15) is 16.4 Å². The van der Waals surface area contributed by atoms with Crippen molar-refractivity contribution in [3.63, 3.8) is 0 Å². The van der Waals surface area contributed by atoms with E-state index in [9.17, 15) is 24.0 Å². The van der Waals surface area contributed by atoms with Crippen LogP contribution in [0, 0.1) is 0 Å². The average Bonchev–Trinajstić information content (AvgIpc) is 3.48. The zero-order chi connectivity index (χ0) is 25.4. The molecule has 0 saturated carbocycles. The molecule has 0 unspecified atom stereocenters. The van der Waals surface area contributed by atoms with Crippen LogP contribution in [0.3, 0.4) is 0 Å². The molecule has 3 aliphatic heterocycles. The lowest BCUT2D eigenvalue weighted by atomic mass is 9.87. The quantitative estimate of drug-likeness (QED) is 0.525. The summed E-state index contributed by atoms with van der Waals surface area (Å²) in [6.07, 6.45) is 0.987. The van der Waals surface area contributed by atoms with Crippen LogP contribution in [-0.2, 0) is 14.4 Å². The Morgan fingerprint density at radius 2 is 1.81 bits per heavy atom. The number of imide groups is 1. The van der Waals surface area contributed by atoms with Crippen molar-refractivity contribution in [2.24, 2.45) is 4.99 Å². The van der Waals surface area contributed by atoms with E-state index < -0.39 is 5.54 Å². The largest absolute Gasteiger partial charge is 0.338 e. The predicted octanol–water partition coefficient (Wildman–Crippen LogP) is 1.69. The average molecular weight is 511 g/mol. The summed E-state index contributed by atoms with van der Waals surface area (Å²) in [4.78, 5) is 69.9. The molecule has 36 heavy (non-hydrogen) atoms. The minimum atomic E-state index is -1.02. The molecule has 2 saturated heterocycles. The molecule has 0 aliphatic carbocycles. The first-order valence-corrected chi connectivity index (χ1v) is 12.7. The zero-order valence-electron chi connectivity index (χ0n) is 19.8. The summed E-state index contributed by atoms with van der Waals surface area (Å²) in [5.41, 5.74) is -0.583.